The van der Waals surface area contributed by atoms with E-state index in [1.165, 1.54) is 19.3 Å². The lowest BCUT2D eigenvalue weighted by atomic mass is 9.96. The van der Waals surface area contributed by atoms with E-state index < -0.39 is 0 Å². The molecule has 1 aliphatic carbocycles. The van der Waals surface area contributed by atoms with Crippen LogP contribution in [0, 0.1) is 0 Å². The molecule has 5 nitrogen and oxygen atoms in total. The van der Waals surface area contributed by atoms with E-state index in [0.717, 1.165) is 66.6 Å². The Morgan fingerprint density at radius 3 is 2.48 bits per heavy atom. The summed E-state index contributed by atoms with van der Waals surface area (Å²) >= 11 is 7.94. The lowest BCUT2D eigenvalue weighted by Crippen LogP contribution is -2.50. The molecule has 4 rings (SSSR count). The van der Waals surface area contributed by atoms with Crippen molar-refractivity contribution in [2.45, 2.75) is 63.6 Å². The van der Waals surface area contributed by atoms with E-state index in [1.54, 1.807) is 11.3 Å². The van der Waals surface area contributed by atoms with Crippen molar-refractivity contribution in [3.63, 3.8) is 0 Å². The first-order chi connectivity index (χ1) is 14.2. The third-order valence-electron chi connectivity index (χ3n) is 5.90. The number of carbonyl (C=O) groups excluding carboxylic acids is 1. The van der Waals surface area contributed by atoms with Crippen molar-refractivity contribution in [1.29, 1.82) is 0 Å². The average molecular weight is 433 g/mol. The Hall–Kier alpha value is -1.63. The van der Waals surface area contributed by atoms with Gasteiger partial charge >= 0.3 is 6.03 Å². The third-order valence-corrected chi connectivity index (χ3v) is 7.16. The Labute approximate surface area is 181 Å². The van der Waals surface area contributed by atoms with E-state index in [1.807, 2.05) is 24.3 Å². The molecule has 1 aliphatic heterocycles. The minimum atomic E-state index is 0.0132. The predicted octanol–water partition coefficient (Wildman–Crippen LogP) is 5.06. The molecule has 1 aromatic carbocycles. The zero-order chi connectivity index (χ0) is 20.1. The van der Waals surface area contributed by atoms with Crippen molar-refractivity contribution in [2.24, 2.45) is 0 Å². The van der Waals surface area contributed by atoms with Gasteiger partial charge in [0.1, 0.15) is 5.01 Å². The number of amides is 2. The molecule has 7 heteroatoms. The number of hydrogen-bond donors (Lipinski definition) is 2. The summed E-state index contributed by atoms with van der Waals surface area (Å²) in [5, 5.41) is 10.2. The molecule has 0 bridgehead atoms. The van der Waals surface area contributed by atoms with Gasteiger partial charge in [0.25, 0.3) is 0 Å². The second-order valence-electron chi connectivity index (χ2n) is 8.13. The maximum atomic E-state index is 12.3. The van der Waals surface area contributed by atoms with Gasteiger partial charge in [-0.3, -0.25) is 4.90 Å². The second-order valence-corrected chi connectivity index (χ2v) is 9.39. The number of hydrogen-bond acceptors (Lipinski definition) is 4. The number of likely N-dealkylation sites (tertiary alicyclic amines) is 1. The smallest absolute Gasteiger partial charge is 0.315 e. The molecule has 1 aromatic heterocycles. The summed E-state index contributed by atoms with van der Waals surface area (Å²) in [7, 11) is 0. The van der Waals surface area contributed by atoms with Gasteiger partial charge in [-0.15, -0.1) is 11.3 Å². The summed E-state index contributed by atoms with van der Waals surface area (Å²) in [5.74, 6) is 0. The van der Waals surface area contributed by atoms with Crippen LogP contribution in [0.5, 0.6) is 0 Å². The van der Waals surface area contributed by atoms with Crippen LogP contribution in [0.4, 0.5) is 4.79 Å². The summed E-state index contributed by atoms with van der Waals surface area (Å²) in [5.41, 5.74) is 2.09. The number of nitrogens with one attached hydrogen (secondary N) is 2. The minimum absolute atomic E-state index is 0.0132. The zero-order valence-corrected chi connectivity index (χ0v) is 18.3. The number of rotatable bonds is 5. The van der Waals surface area contributed by atoms with Crippen molar-refractivity contribution in [3.8, 4) is 10.6 Å². The number of aromatic nitrogens is 1. The molecule has 0 spiro atoms. The van der Waals surface area contributed by atoms with E-state index in [-0.39, 0.29) is 12.1 Å². The second kappa shape index (κ2) is 9.92. The summed E-state index contributed by atoms with van der Waals surface area (Å²) < 4.78 is 0. The topological polar surface area (TPSA) is 57.3 Å². The van der Waals surface area contributed by atoms with Crippen LogP contribution in [-0.4, -0.2) is 41.1 Å². The molecule has 2 fully saturated rings. The van der Waals surface area contributed by atoms with Gasteiger partial charge in [0.05, 0.1) is 10.7 Å². The van der Waals surface area contributed by atoms with Gasteiger partial charge in [0, 0.05) is 42.7 Å². The molecule has 0 atom stereocenters. The quantitative estimate of drug-likeness (QED) is 0.694. The molecular weight excluding hydrogens is 404 g/mol. The highest BCUT2D eigenvalue weighted by Gasteiger charge is 2.23. The van der Waals surface area contributed by atoms with Crippen LogP contribution in [-0.2, 0) is 6.54 Å². The third kappa shape index (κ3) is 5.71. The fourth-order valence-corrected chi connectivity index (χ4v) is 5.39. The molecule has 2 N–H and O–H groups in total. The van der Waals surface area contributed by atoms with Gasteiger partial charge in [-0.05, 0) is 31.7 Å². The zero-order valence-electron chi connectivity index (χ0n) is 16.7. The summed E-state index contributed by atoms with van der Waals surface area (Å²) in [4.78, 5) is 19.5. The van der Waals surface area contributed by atoms with Crippen molar-refractivity contribution in [1.82, 2.24) is 20.5 Å². The van der Waals surface area contributed by atoms with Crippen LogP contribution in [0.25, 0.3) is 10.6 Å². The van der Waals surface area contributed by atoms with Gasteiger partial charge in [0.15, 0.2) is 0 Å². The van der Waals surface area contributed by atoms with E-state index in [0.29, 0.717) is 6.04 Å². The Balaban J connectivity index is 1.22. The normalized spacial score (nSPS) is 19.2. The maximum Gasteiger partial charge on any atom is 0.315 e. The van der Waals surface area contributed by atoms with Crippen molar-refractivity contribution >= 4 is 29.0 Å². The number of halogens is 1. The van der Waals surface area contributed by atoms with E-state index in [4.69, 9.17) is 16.6 Å². The van der Waals surface area contributed by atoms with Crippen LogP contribution in [0.2, 0.25) is 5.02 Å². The fourth-order valence-electron chi connectivity index (χ4n) is 4.26. The van der Waals surface area contributed by atoms with E-state index in [2.05, 4.69) is 20.9 Å². The molecule has 2 aliphatic rings. The maximum absolute atomic E-state index is 12.3. The highest BCUT2D eigenvalue weighted by atomic mass is 35.5. The largest absolute Gasteiger partial charge is 0.335 e. The predicted molar refractivity (Wildman–Crippen MR) is 119 cm³/mol. The van der Waals surface area contributed by atoms with Gasteiger partial charge in [-0.1, -0.05) is 49.1 Å². The molecule has 2 amide bonds. The summed E-state index contributed by atoms with van der Waals surface area (Å²) in [6.07, 6.45) is 7.98. The highest BCUT2D eigenvalue weighted by molar-refractivity contribution is 7.13. The first kappa shape index (κ1) is 20.6. The van der Waals surface area contributed by atoms with Gasteiger partial charge in [-0.25, -0.2) is 9.78 Å². The van der Waals surface area contributed by atoms with Crippen LogP contribution < -0.4 is 10.6 Å². The number of urea groups is 1. The lowest BCUT2D eigenvalue weighted by molar-refractivity contribution is 0.183. The Kier molecular flexibility index (Phi) is 7.06. The SMILES string of the molecule is O=C(NC1CCCCC1)NC1CCN(Cc2csc(-c3ccccc3Cl)n2)CC1. The van der Waals surface area contributed by atoms with Gasteiger partial charge in [0.2, 0.25) is 0 Å². The first-order valence-corrected chi connectivity index (χ1v) is 11.9. The molecule has 1 saturated carbocycles. The number of nitrogens with zero attached hydrogens (tertiary/aromatic N) is 2. The van der Waals surface area contributed by atoms with Crippen LogP contribution in [0.1, 0.15) is 50.6 Å². The summed E-state index contributed by atoms with van der Waals surface area (Å²) in [6, 6.07) is 8.49. The summed E-state index contributed by atoms with van der Waals surface area (Å²) in [6.45, 7) is 2.81. The van der Waals surface area contributed by atoms with Gasteiger partial charge in [-0.2, -0.15) is 0 Å². The highest BCUT2D eigenvalue weighted by Crippen LogP contribution is 2.30. The molecule has 0 unspecified atom stereocenters. The Morgan fingerprint density at radius 1 is 1.07 bits per heavy atom. The lowest BCUT2D eigenvalue weighted by Gasteiger charge is -2.32. The monoisotopic (exact) mass is 432 g/mol. The number of carbonyl (C=O) groups is 1. The Morgan fingerprint density at radius 2 is 1.76 bits per heavy atom. The molecule has 29 heavy (non-hydrogen) atoms. The average Bonchev–Trinajstić information content (AvgIpc) is 3.19. The van der Waals surface area contributed by atoms with Crippen molar-refractivity contribution in [3.05, 3.63) is 40.4 Å². The first-order valence-electron chi connectivity index (χ1n) is 10.7. The van der Waals surface area contributed by atoms with Crippen LogP contribution >= 0.6 is 22.9 Å². The van der Waals surface area contributed by atoms with Crippen molar-refractivity contribution in [2.75, 3.05) is 13.1 Å². The van der Waals surface area contributed by atoms with Crippen molar-refractivity contribution < 1.29 is 4.79 Å². The van der Waals surface area contributed by atoms with Gasteiger partial charge < -0.3 is 10.6 Å². The molecule has 1 saturated heterocycles. The van der Waals surface area contributed by atoms with E-state index in [9.17, 15) is 4.79 Å². The molecule has 156 valence electrons. The molecule has 2 aromatic rings. The van der Waals surface area contributed by atoms with Crippen LogP contribution in [0.15, 0.2) is 29.6 Å². The number of benzene rings is 1. The van der Waals surface area contributed by atoms with E-state index >= 15 is 0 Å². The standard InChI is InChI=1S/C22H29ClN4OS/c23-20-9-5-4-8-19(20)21-24-18(15-29-21)14-27-12-10-17(11-13-27)26-22(28)25-16-6-2-1-3-7-16/h4-5,8-9,15-17H,1-3,6-7,10-14H2,(H2,25,26,28). The van der Waals surface area contributed by atoms with Crippen LogP contribution in [0.3, 0.4) is 0 Å². The minimum Gasteiger partial charge on any atom is -0.335 e. The molecule has 0 radical (unpaired) electrons. The number of piperidine rings is 1. The molecular formula is C22H29ClN4OS. The Bertz CT molecular complexity index is 813. The molecule has 2 heterocycles. The fraction of sp³-hybridized carbons (Fsp3) is 0.545. The number of thiazole rings is 1.